The molecule has 0 aliphatic rings. The van der Waals surface area contributed by atoms with Gasteiger partial charge in [0.25, 0.3) is 0 Å². The Kier molecular flexibility index (Phi) is 16.3. The summed E-state index contributed by atoms with van der Waals surface area (Å²) in [6.07, 6.45) is 2.39. The third kappa shape index (κ3) is 936. The molecule has 0 spiro atoms. The Hall–Kier alpha value is -0.900. The second kappa shape index (κ2) is 12.1. The molecular formula is C5H18N4O4S. The van der Waals surface area contributed by atoms with E-state index in [1.165, 1.54) is 12.8 Å². The average Bonchev–Trinajstić information content (AvgIpc) is 1.83. The second-order valence-corrected chi connectivity index (χ2v) is 2.94. The van der Waals surface area contributed by atoms with Gasteiger partial charge in [0.05, 0.1) is 0 Å². The molecule has 8 nitrogen and oxygen atoms in total. The van der Waals surface area contributed by atoms with Crippen LogP contribution in [0.4, 0.5) is 0 Å². The quantitative estimate of drug-likeness (QED) is 0.198. The first-order valence-corrected chi connectivity index (χ1v) is 5.04. The fourth-order valence-corrected chi connectivity index (χ4v) is 0.204. The maximum atomic E-state index is 8.74. The first kappa shape index (κ1) is 18.8. The van der Waals surface area contributed by atoms with Crippen LogP contribution in [0.5, 0.6) is 0 Å². The molecule has 14 heavy (non-hydrogen) atoms. The summed E-state index contributed by atoms with van der Waals surface area (Å²) < 4.78 is 31.6. The maximum absolute atomic E-state index is 8.74. The lowest BCUT2D eigenvalue weighted by Crippen LogP contribution is -2.20. The van der Waals surface area contributed by atoms with Crippen molar-refractivity contribution in [2.75, 3.05) is 6.54 Å². The highest BCUT2D eigenvalue weighted by Gasteiger charge is 1.84. The van der Waals surface area contributed by atoms with Gasteiger partial charge in [-0.05, 0) is 13.0 Å². The van der Waals surface area contributed by atoms with Gasteiger partial charge in [-0.2, -0.15) is 8.42 Å². The van der Waals surface area contributed by atoms with Crippen LogP contribution in [-0.4, -0.2) is 30.0 Å². The molecule has 0 saturated heterocycles. The molecule has 9 heteroatoms. The summed E-state index contributed by atoms with van der Waals surface area (Å²) in [5, 5.41) is 6.06. The Morgan fingerprint density at radius 3 is 1.57 bits per heavy atom. The van der Waals surface area contributed by atoms with Crippen molar-refractivity contribution in [1.82, 2.24) is 0 Å². The molecule has 88 valence electrons. The smallest absolute Gasteiger partial charge is 0.370 e. The molecule has 0 aliphatic heterocycles. The molecule has 0 radical (unpaired) electrons. The second-order valence-electron chi connectivity index (χ2n) is 2.05. The first-order valence-electron chi connectivity index (χ1n) is 3.64. The van der Waals surface area contributed by atoms with Gasteiger partial charge in [0, 0.05) is 0 Å². The summed E-state index contributed by atoms with van der Waals surface area (Å²) in [6.45, 7) is 2.98. The Morgan fingerprint density at radius 1 is 1.36 bits per heavy atom. The van der Waals surface area contributed by atoms with E-state index in [2.05, 4.69) is 18.4 Å². The number of unbranched alkanes of at least 4 members (excludes halogenated alkanes) is 1. The van der Waals surface area contributed by atoms with Gasteiger partial charge >= 0.3 is 10.4 Å². The highest BCUT2D eigenvalue weighted by molar-refractivity contribution is 7.79. The molecule has 0 fully saturated rings. The van der Waals surface area contributed by atoms with Crippen molar-refractivity contribution in [2.45, 2.75) is 19.8 Å². The van der Waals surface area contributed by atoms with Gasteiger partial charge in [-0.3, -0.25) is 14.5 Å². The van der Waals surface area contributed by atoms with E-state index >= 15 is 0 Å². The number of guanidine groups is 1. The van der Waals surface area contributed by atoms with Crippen LogP contribution in [-0.2, 0) is 10.4 Å². The lowest BCUT2D eigenvalue weighted by atomic mass is 10.3. The van der Waals surface area contributed by atoms with Crippen LogP contribution in [0.1, 0.15) is 19.8 Å². The van der Waals surface area contributed by atoms with Crippen LogP contribution >= 0.6 is 0 Å². The Morgan fingerprint density at radius 2 is 1.57 bits per heavy atom. The largest absolute Gasteiger partial charge is 0.394 e. The average molecular weight is 230 g/mol. The SMILES string of the molecule is CCCCN.N=C(N)N.O=S(=O)(O)O. The highest BCUT2D eigenvalue weighted by Crippen LogP contribution is 1.77. The van der Waals surface area contributed by atoms with Crippen LogP contribution < -0.4 is 17.2 Å². The summed E-state index contributed by atoms with van der Waals surface area (Å²) in [6, 6.07) is 0. The minimum Gasteiger partial charge on any atom is -0.370 e. The topological polar surface area (TPSA) is 177 Å². The van der Waals surface area contributed by atoms with E-state index < -0.39 is 10.4 Å². The van der Waals surface area contributed by atoms with Crippen molar-refractivity contribution >= 4 is 16.4 Å². The third-order valence-electron chi connectivity index (χ3n) is 0.558. The number of nitrogens with two attached hydrogens (primary N) is 3. The molecule has 0 heterocycles. The van der Waals surface area contributed by atoms with Crippen LogP contribution in [0.3, 0.4) is 0 Å². The molecular weight excluding hydrogens is 212 g/mol. The fourth-order valence-electron chi connectivity index (χ4n) is 0.204. The minimum atomic E-state index is -4.67. The number of rotatable bonds is 2. The predicted molar refractivity (Wildman–Crippen MR) is 54.2 cm³/mol. The summed E-state index contributed by atoms with van der Waals surface area (Å²) in [7, 11) is -4.67. The zero-order valence-corrected chi connectivity index (χ0v) is 8.79. The molecule has 0 unspecified atom stereocenters. The van der Waals surface area contributed by atoms with E-state index in [4.69, 9.17) is 28.7 Å². The summed E-state index contributed by atoms with van der Waals surface area (Å²) in [4.78, 5) is 0. The fraction of sp³-hybridized carbons (Fsp3) is 0.800. The Balaban J connectivity index is -0.000000131. The molecule has 0 rings (SSSR count). The van der Waals surface area contributed by atoms with E-state index in [0.717, 1.165) is 6.54 Å². The normalized spacial score (nSPS) is 8.86. The van der Waals surface area contributed by atoms with Gasteiger partial charge in [0.2, 0.25) is 0 Å². The third-order valence-corrected chi connectivity index (χ3v) is 0.558. The van der Waals surface area contributed by atoms with Gasteiger partial charge in [0.1, 0.15) is 0 Å². The summed E-state index contributed by atoms with van der Waals surface area (Å²) in [5.41, 5.74) is 14.1. The van der Waals surface area contributed by atoms with Gasteiger partial charge < -0.3 is 17.2 Å². The lowest BCUT2D eigenvalue weighted by Gasteiger charge is -1.80. The van der Waals surface area contributed by atoms with Gasteiger partial charge in [0.15, 0.2) is 5.96 Å². The zero-order valence-electron chi connectivity index (χ0n) is 7.97. The molecule has 0 atom stereocenters. The first-order chi connectivity index (χ1) is 6.15. The van der Waals surface area contributed by atoms with Crippen molar-refractivity contribution < 1.29 is 17.5 Å². The predicted octanol–water partition coefficient (Wildman–Crippen LogP) is -1.07. The van der Waals surface area contributed by atoms with Crippen molar-refractivity contribution in [3.05, 3.63) is 0 Å². The molecule has 0 aromatic rings. The van der Waals surface area contributed by atoms with E-state index in [-0.39, 0.29) is 5.96 Å². The maximum Gasteiger partial charge on any atom is 0.394 e. The van der Waals surface area contributed by atoms with Crippen LogP contribution in [0, 0.1) is 5.41 Å². The van der Waals surface area contributed by atoms with E-state index in [9.17, 15) is 0 Å². The van der Waals surface area contributed by atoms with Crippen LogP contribution in [0.2, 0.25) is 0 Å². The number of hydrogen-bond donors (Lipinski definition) is 6. The Labute approximate surface area is 83.5 Å². The minimum absolute atomic E-state index is 0.333. The van der Waals surface area contributed by atoms with Crippen molar-refractivity contribution in [3.8, 4) is 0 Å². The van der Waals surface area contributed by atoms with E-state index in [1.54, 1.807) is 0 Å². The van der Waals surface area contributed by atoms with Crippen molar-refractivity contribution in [3.63, 3.8) is 0 Å². The lowest BCUT2D eigenvalue weighted by molar-refractivity contribution is 0.381. The summed E-state index contributed by atoms with van der Waals surface area (Å²) >= 11 is 0. The number of nitrogens with one attached hydrogen (secondary N) is 1. The number of hydrogen-bond acceptors (Lipinski definition) is 4. The van der Waals surface area contributed by atoms with Crippen molar-refractivity contribution in [2.24, 2.45) is 17.2 Å². The Bertz CT molecular complexity index is 202. The molecule has 0 aromatic heterocycles. The molecule has 0 amide bonds. The van der Waals surface area contributed by atoms with Gasteiger partial charge in [-0.25, -0.2) is 0 Å². The van der Waals surface area contributed by atoms with Crippen LogP contribution in [0.15, 0.2) is 0 Å². The molecule has 0 saturated carbocycles. The molecule has 0 bridgehead atoms. The monoisotopic (exact) mass is 230 g/mol. The van der Waals surface area contributed by atoms with E-state index in [0.29, 0.717) is 0 Å². The highest BCUT2D eigenvalue weighted by atomic mass is 32.3. The molecule has 0 aromatic carbocycles. The summed E-state index contributed by atoms with van der Waals surface area (Å²) in [5.74, 6) is -0.333. The molecule has 0 aliphatic carbocycles. The van der Waals surface area contributed by atoms with E-state index in [1.807, 2.05) is 0 Å². The van der Waals surface area contributed by atoms with Gasteiger partial charge in [-0.1, -0.05) is 13.3 Å². The molecule has 9 N–H and O–H groups in total. The standard InChI is InChI=1S/C4H11N.CH5N3.H2O4S/c1-2-3-4-5;2-1(3)4;1-5(2,3)4/h2-5H2,1H3;(H5,2,3,4);(H2,1,2,3,4). The zero-order chi connectivity index (χ0) is 12.2. The van der Waals surface area contributed by atoms with Gasteiger partial charge in [-0.15, -0.1) is 0 Å². The van der Waals surface area contributed by atoms with Crippen LogP contribution in [0.25, 0.3) is 0 Å². The van der Waals surface area contributed by atoms with Crippen molar-refractivity contribution in [1.29, 1.82) is 5.41 Å².